The molecule has 0 aliphatic heterocycles. The van der Waals surface area contributed by atoms with Gasteiger partial charge in [0.05, 0.1) is 16.2 Å². The topological polar surface area (TPSA) is 64.3 Å². The number of sulfone groups is 1. The molecule has 0 N–H and O–H groups in total. The average Bonchev–Trinajstić information content (AvgIpc) is 2.89. The quantitative estimate of drug-likeness (QED) is 0.579. The first-order chi connectivity index (χ1) is 12.5. The van der Waals surface area contributed by atoms with E-state index in [1.807, 2.05) is 12.1 Å². The molecule has 2 aromatic carbocycles. The number of hydrogen-bond acceptors (Lipinski definition) is 4. The van der Waals surface area contributed by atoms with Crippen molar-refractivity contribution in [1.82, 2.24) is 0 Å². The van der Waals surface area contributed by atoms with Gasteiger partial charge in [0.1, 0.15) is 11.3 Å². The molecule has 5 heteroatoms. The number of Topliss-reactive ketones (excluding diaryl/α,β-unsaturated/α-hetero) is 1. The lowest BCUT2D eigenvalue weighted by molar-refractivity contribution is 0.101. The number of carbonyl (C=O) groups excluding carboxylic acids is 1. The number of carbonyl (C=O) groups is 1. The summed E-state index contributed by atoms with van der Waals surface area (Å²) in [5.41, 5.74) is 2.79. The zero-order chi connectivity index (χ0) is 20.0. The van der Waals surface area contributed by atoms with Crippen LogP contribution in [0.4, 0.5) is 0 Å². The van der Waals surface area contributed by atoms with Crippen LogP contribution in [0.25, 0.3) is 11.0 Å². The van der Waals surface area contributed by atoms with Gasteiger partial charge in [0.2, 0.25) is 0 Å². The van der Waals surface area contributed by atoms with Gasteiger partial charge in [-0.05, 0) is 54.7 Å². The number of ketones is 1. The van der Waals surface area contributed by atoms with Gasteiger partial charge in [-0.3, -0.25) is 4.79 Å². The van der Waals surface area contributed by atoms with Gasteiger partial charge in [-0.15, -0.1) is 0 Å². The van der Waals surface area contributed by atoms with E-state index in [9.17, 15) is 13.2 Å². The van der Waals surface area contributed by atoms with Gasteiger partial charge in [0.25, 0.3) is 0 Å². The Balaban J connectivity index is 1.96. The molecule has 0 fully saturated rings. The molecule has 3 aromatic rings. The molecule has 0 spiro atoms. The van der Waals surface area contributed by atoms with Crippen molar-refractivity contribution in [2.75, 3.05) is 0 Å². The largest absolute Gasteiger partial charge is 0.461 e. The molecule has 0 aliphatic carbocycles. The first-order valence-corrected chi connectivity index (χ1v) is 10.5. The minimum absolute atomic E-state index is 0.0322. The summed E-state index contributed by atoms with van der Waals surface area (Å²) in [6.07, 6.45) is 0. The smallest absolute Gasteiger partial charge is 0.182 e. The summed E-state index contributed by atoms with van der Waals surface area (Å²) in [6, 6.07) is 12.3. The zero-order valence-corrected chi connectivity index (χ0v) is 17.1. The summed E-state index contributed by atoms with van der Waals surface area (Å²) >= 11 is 0. The predicted octanol–water partition coefficient (Wildman–Crippen LogP) is 5.22. The molecule has 0 unspecified atom stereocenters. The van der Waals surface area contributed by atoms with Crippen molar-refractivity contribution in [2.24, 2.45) is 0 Å². The molecule has 3 rings (SSSR count). The molecule has 1 heterocycles. The molecular weight excluding hydrogens is 360 g/mol. The standard InChI is InChI=1S/C22H24O4S/c1-14(23)21-15(2)26-20-11-6-16(12-19(20)21)13-27(24,25)18-9-7-17(8-10-18)22(3,4)5/h6-12H,13H2,1-5H3. The Morgan fingerprint density at radius 1 is 1.04 bits per heavy atom. The highest BCUT2D eigenvalue weighted by molar-refractivity contribution is 7.90. The minimum atomic E-state index is -3.49. The van der Waals surface area contributed by atoms with Gasteiger partial charge in [0.15, 0.2) is 15.6 Å². The van der Waals surface area contributed by atoms with Crippen molar-refractivity contribution in [3.63, 3.8) is 0 Å². The number of furan rings is 1. The van der Waals surface area contributed by atoms with Crippen molar-refractivity contribution in [1.29, 1.82) is 0 Å². The Hall–Kier alpha value is -2.40. The molecule has 0 radical (unpaired) electrons. The van der Waals surface area contributed by atoms with Crippen LogP contribution in [-0.2, 0) is 21.0 Å². The number of benzene rings is 2. The van der Waals surface area contributed by atoms with Crippen molar-refractivity contribution >= 4 is 26.6 Å². The second-order valence-electron chi connectivity index (χ2n) is 7.95. The Bertz CT molecular complexity index is 1110. The first kappa shape index (κ1) is 19.4. The van der Waals surface area contributed by atoms with E-state index in [1.165, 1.54) is 6.92 Å². The van der Waals surface area contributed by atoms with Crippen LogP contribution in [0.15, 0.2) is 51.8 Å². The van der Waals surface area contributed by atoms with Gasteiger partial charge in [-0.1, -0.05) is 39.0 Å². The second-order valence-corrected chi connectivity index (χ2v) is 9.94. The first-order valence-electron chi connectivity index (χ1n) is 8.85. The van der Waals surface area contributed by atoms with E-state index < -0.39 is 9.84 Å². The van der Waals surface area contributed by atoms with Crippen molar-refractivity contribution in [3.8, 4) is 0 Å². The summed E-state index contributed by atoms with van der Waals surface area (Å²) in [5, 5.41) is 0.663. The van der Waals surface area contributed by atoms with E-state index in [1.54, 1.807) is 37.3 Å². The molecule has 142 valence electrons. The van der Waals surface area contributed by atoms with Gasteiger partial charge in [-0.2, -0.15) is 0 Å². The third-order valence-corrected chi connectivity index (χ3v) is 6.42. The monoisotopic (exact) mass is 384 g/mol. The third-order valence-electron chi connectivity index (χ3n) is 4.72. The molecule has 0 atom stereocenters. The van der Waals surface area contributed by atoms with E-state index >= 15 is 0 Å². The van der Waals surface area contributed by atoms with Crippen LogP contribution in [0.3, 0.4) is 0 Å². The van der Waals surface area contributed by atoms with Crippen LogP contribution >= 0.6 is 0 Å². The lowest BCUT2D eigenvalue weighted by Gasteiger charge is -2.19. The SMILES string of the molecule is CC(=O)c1c(C)oc2ccc(CS(=O)(=O)c3ccc(C(C)(C)C)cc3)cc12. The van der Waals surface area contributed by atoms with Crippen LogP contribution in [0.1, 0.15) is 54.9 Å². The van der Waals surface area contributed by atoms with Crippen LogP contribution in [0.5, 0.6) is 0 Å². The average molecular weight is 384 g/mol. The minimum Gasteiger partial charge on any atom is -0.461 e. The van der Waals surface area contributed by atoms with Gasteiger partial charge >= 0.3 is 0 Å². The van der Waals surface area contributed by atoms with Crippen LogP contribution in [-0.4, -0.2) is 14.2 Å². The van der Waals surface area contributed by atoms with E-state index in [2.05, 4.69) is 20.8 Å². The fourth-order valence-electron chi connectivity index (χ4n) is 3.26. The molecule has 0 amide bonds. The fourth-order valence-corrected chi connectivity index (χ4v) is 4.60. The van der Waals surface area contributed by atoms with Crippen LogP contribution in [0.2, 0.25) is 0 Å². The zero-order valence-electron chi connectivity index (χ0n) is 16.3. The third kappa shape index (κ3) is 3.83. The molecule has 27 heavy (non-hydrogen) atoms. The maximum Gasteiger partial charge on any atom is 0.182 e. The Kier molecular flexibility index (Phi) is 4.76. The lowest BCUT2D eigenvalue weighted by Crippen LogP contribution is -2.11. The van der Waals surface area contributed by atoms with E-state index in [-0.39, 0.29) is 17.0 Å². The second kappa shape index (κ2) is 6.64. The lowest BCUT2D eigenvalue weighted by atomic mass is 9.87. The van der Waals surface area contributed by atoms with E-state index in [0.29, 0.717) is 32.8 Å². The van der Waals surface area contributed by atoms with Gasteiger partial charge in [0, 0.05) is 5.39 Å². The van der Waals surface area contributed by atoms with E-state index in [4.69, 9.17) is 4.42 Å². The van der Waals surface area contributed by atoms with Crippen molar-refractivity contribution in [3.05, 3.63) is 64.9 Å². The summed E-state index contributed by atoms with van der Waals surface area (Å²) < 4.78 is 31.3. The Labute approximate surface area is 160 Å². The predicted molar refractivity (Wildman–Crippen MR) is 107 cm³/mol. The summed E-state index contributed by atoms with van der Waals surface area (Å²) in [5.74, 6) is 0.332. The maximum atomic E-state index is 12.8. The fraction of sp³-hybridized carbons (Fsp3) is 0.318. The molecule has 0 saturated heterocycles. The summed E-state index contributed by atoms with van der Waals surface area (Å²) in [4.78, 5) is 12.2. The Morgan fingerprint density at radius 3 is 2.22 bits per heavy atom. The van der Waals surface area contributed by atoms with Crippen LogP contribution in [0, 0.1) is 6.92 Å². The molecule has 0 bridgehead atoms. The molecular formula is C22H24O4S. The normalized spacial score (nSPS) is 12.5. The summed E-state index contributed by atoms with van der Waals surface area (Å²) in [7, 11) is -3.49. The number of aryl methyl sites for hydroxylation is 1. The number of hydrogen-bond donors (Lipinski definition) is 0. The van der Waals surface area contributed by atoms with Gasteiger partial charge < -0.3 is 4.42 Å². The maximum absolute atomic E-state index is 12.8. The molecule has 4 nitrogen and oxygen atoms in total. The highest BCUT2D eigenvalue weighted by Crippen LogP contribution is 2.29. The molecule has 0 saturated carbocycles. The van der Waals surface area contributed by atoms with Crippen molar-refractivity contribution in [2.45, 2.75) is 50.7 Å². The van der Waals surface area contributed by atoms with Crippen LogP contribution < -0.4 is 0 Å². The van der Waals surface area contributed by atoms with E-state index in [0.717, 1.165) is 5.56 Å². The van der Waals surface area contributed by atoms with Crippen molar-refractivity contribution < 1.29 is 17.6 Å². The molecule has 1 aromatic heterocycles. The highest BCUT2D eigenvalue weighted by atomic mass is 32.2. The number of fused-ring (bicyclic) bond motifs is 1. The molecule has 0 aliphatic rings. The van der Waals surface area contributed by atoms with Gasteiger partial charge in [-0.25, -0.2) is 8.42 Å². The number of rotatable bonds is 4. The Morgan fingerprint density at radius 2 is 1.67 bits per heavy atom. The summed E-state index contributed by atoms with van der Waals surface area (Å²) in [6.45, 7) is 9.49. The highest BCUT2D eigenvalue weighted by Gasteiger charge is 2.20.